The van der Waals surface area contributed by atoms with Gasteiger partial charge in [-0.05, 0) is 0 Å². The maximum absolute atomic E-state index is 14.0. The molecule has 5 atom stereocenters. The fourth-order valence-electron chi connectivity index (χ4n) is 2.95. The number of nitrogens with one attached hydrogen (secondary N) is 1. The Labute approximate surface area is 230 Å². The third-order valence-electron chi connectivity index (χ3n) is 5.52. The Morgan fingerprint density at radius 2 is 1.05 bits per heavy atom. The Bertz CT molecular complexity index is 1160. The van der Waals surface area contributed by atoms with Crippen LogP contribution in [0.1, 0.15) is 0 Å². The van der Waals surface area contributed by atoms with E-state index in [0.29, 0.717) is 0 Å². The van der Waals surface area contributed by atoms with Gasteiger partial charge in [-0.2, -0.15) is 74.6 Å². The zero-order valence-electron chi connectivity index (χ0n) is 20.0. The molecule has 28 heteroatoms. The molecule has 1 rings (SSSR count). The second kappa shape index (κ2) is 11.7. The average molecular weight is 719 g/mol. The van der Waals surface area contributed by atoms with Crippen LogP contribution in [0, 0.1) is 0 Å². The maximum atomic E-state index is 14.0. The molecule has 44 heavy (non-hydrogen) atoms. The van der Waals surface area contributed by atoms with Gasteiger partial charge in [0.2, 0.25) is 0 Å². The second-order valence-electron chi connectivity index (χ2n) is 8.46. The summed E-state index contributed by atoms with van der Waals surface area (Å²) in [7, 11) is -7.63. The molecule has 0 radical (unpaired) electrons. The van der Waals surface area contributed by atoms with E-state index < -0.39 is 107 Å². The summed E-state index contributed by atoms with van der Waals surface area (Å²) in [5, 5.41) is 29.5. The first-order chi connectivity index (χ1) is 19.1. The SMILES string of the molecule is O=C(O)[C@H]1O[C@@H](OCCNS(=O)(=O)C(F)(F)C(F)(F)C(F)(F)C(F)(F)C(F)(F)C(F)(F)C(F)(F)C(F)(F)F)[C@H](O)[C@@H](O)[C@@H]1O. The molecule has 0 saturated carbocycles. The molecular weight excluding hydrogens is 705 g/mol. The highest BCUT2D eigenvalue weighted by atomic mass is 32.2. The molecule has 1 aliphatic rings. The van der Waals surface area contributed by atoms with Gasteiger partial charge in [-0.25, -0.2) is 17.9 Å². The smallest absolute Gasteiger partial charge is 0.460 e. The Kier molecular flexibility index (Phi) is 10.6. The van der Waals surface area contributed by atoms with Crippen LogP contribution in [-0.4, -0.2) is 126 Å². The Balaban J connectivity index is 3.28. The quantitative estimate of drug-likeness (QED) is 0.141. The molecule has 0 unspecified atom stereocenters. The molecule has 262 valence electrons. The highest BCUT2D eigenvalue weighted by Gasteiger charge is 2.96. The number of carbonyl (C=O) groups is 1. The van der Waals surface area contributed by atoms with E-state index in [1.807, 2.05) is 0 Å². The van der Waals surface area contributed by atoms with Crippen molar-refractivity contribution in [2.24, 2.45) is 0 Å². The highest BCUT2D eigenvalue weighted by Crippen LogP contribution is 2.64. The summed E-state index contributed by atoms with van der Waals surface area (Å²) in [5.41, 5.74) is 0. The minimum Gasteiger partial charge on any atom is -0.479 e. The van der Waals surface area contributed by atoms with Crippen LogP contribution in [0.15, 0.2) is 0 Å². The number of ether oxygens (including phenoxy) is 2. The van der Waals surface area contributed by atoms with Crippen molar-refractivity contribution in [2.75, 3.05) is 13.2 Å². The molecular formula is C16H14F17NO9S. The predicted octanol–water partition coefficient (Wildman–Crippen LogP) is 1.78. The third kappa shape index (κ3) is 5.84. The number of aliphatic carboxylic acids is 1. The number of alkyl halides is 17. The molecule has 5 N–H and O–H groups in total. The van der Waals surface area contributed by atoms with Crippen LogP contribution in [0.5, 0.6) is 0 Å². The summed E-state index contributed by atoms with van der Waals surface area (Å²) in [6, 6.07) is 0. The first-order valence-electron chi connectivity index (χ1n) is 10.4. The molecule has 1 heterocycles. The van der Waals surface area contributed by atoms with Crippen molar-refractivity contribution < 1.29 is 118 Å². The fourth-order valence-corrected chi connectivity index (χ4v) is 3.95. The van der Waals surface area contributed by atoms with Gasteiger partial charge in [-0.1, -0.05) is 0 Å². The van der Waals surface area contributed by atoms with Crippen LogP contribution >= 0.6 is 0 Å². The van der Waals surface area contributed by atoms with Crippen molar-refractivity contribution in [2.45, 2.75) is 77.7 Å². The highest BCUT2D eigenvalue weighted by molar-refractivity contribution is 7.90. The molecule has 1 fully saturated rings. The molecule has 0 amide bonds. The number of sulfonamides is 1. The Hall–Kier alpha value is -2.01. The van der Waals surface area contributed by atoms with Gasteiger partial charge in [0.15, 0.2) is 12.4 Å². The molecule has 0 bridgehead atoms. The zero-order chi connectivity index (χ0) is 35.5. The Morgan fingerprint density at radius 1 is 0.659 bits per heavy atom. The van der Waals surface area contributed by atoms with E-state index in [1.54, 1.807) is 0 Å². The fraction of sp³-hybridized carbons (Fsp3) is 0.938. The van der Waals surface area contributed by atoms with Crippen molar-refractivity contribution in [1.82, 2.24) is 4.72 Å². The summed E-state index contributed by atoms with van der Waals surface area (Å²) in [6.07, 6.45) is -20.0. The normalized spacial score (nSPS) is 25.7. The van der Waals surface area contributed by atoms with Gasteiger partial charge >= 0.3 is 52.9 Å². The van der Waals surface area contributed by atoms with Crippen molar-refractivity contribution in [3.8, 4) is 0 Å². The number of hydrogen-bond acceptors (Lipinski definition) is 8. The van der Waals surface area contributed by atoms with E-state index in [2.05, 4.69) is 9.47 Å². The molecule has 0 aromatic rings. The molecule has 1 aliphatic heterocycles. The van der Waals surface area contributed by atoms with Crippen LogP contribution < -0.4 is 4.72 Å². The van der Waals surface area contributed by atoms with Crippen LogP contribution in [0.2, 0.25) is 0 Å². The van der Waals surface area contributed by atoms with Gasteiger partial charge in [-0.15, -0.1) is 0 Å². The van der Waals surface area contributed by atoms with E-state index in [4.69, 9.17) is 5.11 Å². The second-order valence-corrected chi connectivity index (χ2v) is 10.3. The van der Waals surface area contributed by atoms with Gasteiger partial charge < -0.3 is 29.9 Å². The van der Waals surface area contributed by atoms with Crippen LogP contribution in [-0.2, 0) is 24.3 Å². The summed E-state index contributed by atoms with van der Waals surface area (Å²) in [5.74, 6) is -54.6. The minimum absolute atomic E-state index is 0.220. The Morgan fingerprint density at radius 3 is 1.43 bits per heavy atom. The first kappa shape index (κ1) is 40.0. The minimum atomic E-state index is -9.00. The van der Waals surface area contributed by atoms with Crippen LogP contribution in [0.3, 0.4) is 0 Å². The lowest BCUT2D eigenvalue weighted by Crippen LogP contribution is -2.75. The van der Waals surface area contributed by atoms with Gasteiger partial charge in [0.25, 0.3) is 10.0 Å². The van der Waals surface area contributed by atoms with Crippen molar-refractivity contribution in [1.29, 1.82) is 0 Å². The van der Waals surface area contributed by atoms with Crippen molar-refractivity contribution >= 4 is 16.0 Å². The van der Waals surface area contributed by atoms with E-state index in [-0.39, 0.29) is 4.72 Å². The monoisotopic (exact) mass is 719 g/mol. The average Bonchev–Trinajstić information content (AvgIpc) is 2.84. The molecule has 1 saturated heterocycles. The van der Waals surface area contributed by atoms with Crippen molar-refractivity contribution in [3.05, 3.63) is 0 Å². The summed E-state index contributed by atoms with van der Waals surface area (Å²) in [6.45, 7) is -3.52. The lowest BCUT2D eigenvalue weighted by molar-refractivity contribution is -0.458. The van der Waals surface area contributed by atoms with E-state index in [0.717, 1.165) is 0 Å². The first-order valence-corrected chi connectivity index (χ1v) is 11.9. The topological polar surface area (TPSA) is 163 Å². The molecule has 0 aromatic carbocycles. The number of carboxylic acids is 1. The van der Waals surface area contributed by atoms with Gasteiger partial charge in [-0.3, -0.25) is 0 Å². The number of rotatable bonds is 13. The lowest BCUT2D eigenvalue weighted by Gasteiger charge is -2.42. The molecule has 0 aliphatic carbocycles. The molecule has 0 spiro atoms. The van der Waals surface area contributed by atoms with E-state index in [9.17, 15) is 103 Å². The number of hydrogen-bond donors (Lipinski definition) is 5. The number of halogens is 17. The standard InChI is InChI=1S/C16H14F17NO9S/c17-9(18,11(21,22)13(25,26)15(29,30)31)10(19,20)12(23,24)14(27,28)16(32,33)44(40,41)34-1-2-42-8-5(37)3(35)4(36)6(43-8)7(38)39/h3-6,8,34-37H,1-2H2,(H,38,39)/t3-,4-,5+,6-,8+/m0/s1. The van der Waals surface area contributed by atoms with Crippen molar-refractivity contribution in [3.63, 3.8) is 0 Å². The van der Waals surface area contributed by atoms with Gasteiger partial charge in [0.1, 0.15) is 18.3 Å². The molecule has 10 nitrogen and oxygen atoms in total. The maximum Gasteiger partial charge on any atom is 0.460 e. The lowest BCUT2D eigenvalue weighted by atomic mass is 9.91. The van der Waals surface area contributed by atoms with Gasteiger partial charge in [0.05, 0.1) is 6.61 Å². The summed E-state index contributed by atoms with van der Waals surface area (Å²) in [4.78, 5) is 10.9. The summed E-state index contributed by atoms with van der Waals surface area (Å²) < 4.78 is 258. The number of aliphatic hydroxyl groups is 3. The zero-order valence-corrected chi connectivity index (χ0v) is 20.8. The predicted molar refractivity (Wildman–Crippen MR) is 97.9 cm³/mol. The van der Waals surface area contributed by atoms with Crippen LogP contribution in [0.4, 0.5) is 74.6 Å². The number of carboxylic acid groups (broad SMARTS) is 1. The van der Waals surface area contributed by atoms with E-state index >= 15 is 0 Å². The molecule has 0 aromatic heterocycles. The number of aliphatic hydroxyl groups excluding tert-OH is 3. The summed E-state index contributed by atoms with van der Waals surface area (Å²) >= 11 is 0. The third-order valence-corrected chi connectivity index (χ3v) is 7.04. The van der Waals surface area contributed by atoms with Crippen LogP contribution in [0.25, 0.3) is 0 Å². The largest absolute Gasteiger partial charge is 0.479 e. The van der Waals surface area contributed by atoms with E-state index in [1.165, 1.54) is 0 Å². The van der Waals surface area contributed by atoms with Gasteiger partial charge in [0, 0.05) is 6.54 Å².